The molecule has 0 spiro atoms. The number of amides is 1. The number of nitrogens with one attached hydrogen (secondary N) is 2. The third-order valence-corrected chi connectivity index (χ3v) is 4.59. The van der Waals surface area contributed by atoms with Crippen LogP contribution in [-0.4, -0.2) is 31.5 Å². The molecule has 24 heavy (non-hydrogen) atoms. The first kappa shape index (κ1) is 16.4. The molecule has 3 aromatic heterocycles. The lowest BCUT2D eigenvalue weighted by Gasteiger charge is -2.08. The fourth-order valence-electron chi connectivity index (χ4n) is 2.08. The van der Waals surface area contributed by atoms with E-state index in [2.05, 4.69) is 20.4 Å². The maximum Gasteiger partial charge on any atom is 0.255 e. The lowest BCUT2D eigenvalue weighted by Crippen LogP contribution is -2.21. The highest BCUT2D eigenvalue weighted by molar-refractivity contribution is 7.13. The van der Waals surface area contributed by atoms with Crippen molar-refractivity contribution in [1.29, 1.82) is 0 Å². The Kier molecular flexibility index (Phi) is 4.50. The number of aryl methyl sites for hydroxylation is 1. The predicted molar refractivity (Wildman–Crippen MR) is 94.1 cm³/mol. The van der Waals surface area contributed by atoms with Crippen LogP contribution in [0.1, 0.15) is 11.3 Å². The molecule has 9 heteroatoms. The van der Waals surface area contributed by atoms with Gasteiger partial charge in [0.15, 0.2) is 0 Å². The van der Waals surface area contributed by atoms with Crippen molar-refractivity contribution in [3.8, 4) is 16.5 Å². The first-order valence-electron chi connectivity index (χ1n) is 7.07. The van der Waals surface area contributed by atoms with Crippen LogP contribution in [0.3, 0.4) is 0 Å². The minimum atomic E-state index is -0.373. The molecule has 0 fully saturated rings. The van der Waals surface area contributed by atoms with E-state index in [1.165, 1.54) is 16.0 Å². The van der Waals surface area contributed by atoms with E-state index in [9.17, 15) is 9.59 Å². The number of H-pyrrole nitrogens is 1. The number of aromatic amines is 1. The third-order valence-electron chi connectivity index (χ3n) is 3.45. The largest absolute Gasteiger partial charge is 0.309 e. The Morgan fingerprint density at radius 1 is 1.46 bits per heavy atom. The molecule has 0 radical (unpaired) electrons. The van der Waals surface area contributed by atoms with Gasteiger partial charge in [-0.05, 0) is 25.3 Å². The molecule has 0 bridgehead atoms. The molecule has 124 valence electrons. The smallest absolute Gasteiger partial charge is 0.255 e. The molecule has 3 aromatic rings. The highest BCUT2D eigenvalue weighted by Crippen LogP contribution is 2.27. The second kappa shape index (κ2) is 6.58. The van der Waals surface area contributed by atoms with Crippen LogP contribution in [0.2, 0.25) is 0 Å². The number of halogens is 1. The summed E-state index contributed by atoms with van der Waals surface area (Å²) in [6.07, 6.45) is 0. The van der Waals surface area contributed by atoms with Crippen LogP contribution in [-0.2, 0) is 4.79 Å². The van der Waals surface area contributed by atoms with Gasteiger partial charge in [-0.2, -0.15) is 9.78 Å². The van der Waals surface area contributed by atoms with Crippen LogP contribution < -0.4 is 10.9 Å². The molecule has 0 aromatic carbocycles. The minimum Gasteiger partial charge on any atom is -0.309 e. The summed E-state index contributed by atoms with van der Waals surface area (Å²) in [4.78, 5) is 31.7. The van der Waals surface area contributed by atoms with E-state index in [0.29, 0.717) is 22.8 Å². The Labute approximate surface area is 146 Å². The Bertz CT molecular complexity index is 945. The van der Waals surface area contributed by atoms with Crippen molar-refractivity contribution in [2.45, 2.75) is 13.8 Å². The Balaban J connectivity index is 2.14. The molecule has 0 aliphatic carbocycles. The number of aromatic nitrogens is 4. The highest BCUT2D eigenvalue weighted by Gasteiger charge is 2.16. The van der Waals surface area contributed by atoms with Gasteiger partial charge < -0.3 is 5.32 Å². The lowest BCUT2D eigenvalue weighted by molar-refractivity contribution is -0.114. The third kappa shape index (κ3) is 3.10. The number of rotatable bonds is 4. The van der Waals surface area contributed by atoms with E-state index in [1.807, 2.05) is 17.5 Å². The molecule has 1 amide bonds. The first-order valence-corrected chi connectivity index (χ1v) is 8.48. The summed E-state index contributed by atoms with van der Waals surface area (Å²) in [7, 11) is 0. The van der Waals surface area contributed by atoms with Gasteiger partial charge in [0.25, 0.3) is 5.56 Å². The number of carbonyl (C=O) groups is 1. The molecule has 3 heterocycles. The molecular formula is C15H14ClN5O2S. The van der Waals surface area contributed by atoms with Crippen LogP contribution in [0.4, 0.5) is 5.82 Å². The summed E-state index contributed by atoms with van der Waals surface area (Å²) >= 11 is 7.08. The molecule has 3 rings (SSSR count). The number of hydrogen-bond acceptors (Lipinski definition) is 5. The van der Waals surface area contributed by atoms with Crippen molar-refractivity contribution >= 4 is 34.7 Å². The van der Waals surface area contributed by atoms with Gasteiger partial charge in [-0.25, -0.2) is 4.98 Å². The van der Waals surface area contributed by atoms with Crippen molar-refractivity contribution in [2.24, 2.45) is 0 Å². The van der Waals surface area contributed by atoms with Crippen LogP contribution >= 0.6 is 22.9 Å². The first-order chi connectivity index (χ1) is 11.5. The van der Waals surface area contributed by atoms with Crippen molar-refractivity contribution in [3.05, 3.63) is 45.2 Å². The number of thiophene rings is 1. The summed E-state index contributed by atoms with van der Waals surface area (Å²) in [5.74, 6) is 0.0593. The van der Waals surface area contributed by atoms with E-state index < -0.39 is 0 Å². The van der Waals surface area contributed by atoms with Crippen molar-refractivity contribution in [3.63, 3.8) is 0 Å². The van der Waals surface area contributed by atoms with Crippen molar-refractivity contribution < 1.29 is 4.79 Å². The molecule has 2 N–H and O–H groups in total. The fraction of sp³-hybridized carbons (Fsp3) is 0.200. The van der Waals surface area contributed by atoms with Gasteiger partial charge in [0.05, 0.1) is 4.88 Å². The molecular weight excluding hydrogens is 350 g/mol. The molecule has 0 saturated heterocycles. The second-order valence-electron chi connectivity index (χ2n) is 5.09. The number of alkyl halides is 1. The molecule has 0 unspecified atom stereocenters. The van der Waals surface area contributed by atoms with Gasteiger partial charge in [-0.3, -0.25) is 14.6 Å². The molecule has 0 saturated carbocycles. The summed E-state index contributed by atoms with van der Waals surface area (Å²) < 4.78 is 1.40. The van der Waals surface area contributed by atoms with Gasteiger partial charge in [-0.15, -0.1) is 22.9 Å². The zero-order valence-corrected chi connectivity index (χ0v) is 14.5. The second-order valence-corrected chi connectivity index (χ2v) is 6.30. The normalized spacial score (nSPS) is 10.8. The number of anilines is 1. The minimum absolute atomic E-state index is 0.184. The Hall–Kier alpha value is -2.45. The zero-order chi connectivity index (χ0) is 17.3. The molecule has 0 aliphatic rings. The van der Waals surface area contributed by atoms with Crippen molar-refractivity contribution in [2.75, 3.05) is 11.2 Å². The average Bonchev–Trinajstić information content (AvgIpc) is 3.21. The number of hydrogen-bond donors (Lipinski definition) is 2. The van der Waals surface area contributed by atoms with Gasteiger partial charge >= 0.3 is 0 Å². The van der Waals surface area contributed by atoms with Crippen LogP contribution in [0.5, 0.6) is 0 Å². The van der Waals surface area contributed by atoms with Crippen LogP contribution in [0, 0.1) is 13.8 Å². The fourth-order valence-corrected chi connectivity index (χ4v) is 2.83. The number of carbonyl (C=O) groups excluding carboxylic acids is 1. The van der Waals surface area contributed by atoms with E-state index in [1.54, 1.807) is 19.9 Å². The highest BCUT2D eigenvalue weighted by atomic mass is 35.5. The van der Waals surface area contributed by atoms with E-state index >= 15 is 0 Å². The molecule has 7 nitrogen and oxygen atoms in total. The predicted octanol–water partition coefficient (Wildman–Crippen LogP) is 2.48. The van der Waals surface area contributed by atoms with E-state index in [0.717, 1.165) is 4.88 Å². The maximum atomic E-state index is 12.0. The van der Waals surface area contributed by atoms with Gasteiger partial charge in [0.1, 0.15) is 17.4 Å². The van der Waals surface area contributed by atoms with E-state index in [-0.39, 0.29) is 23.3 Å². The average molecular weight is 364 g/mol. The summed E-state index contributed by atoms with van der Waals surface area (Å²) in [5.41, 5.74) is 1.54. The Morgan fingerprint density at radius 2 is 2.25 bits per heavy atom. The SMILES string of the molecule is Cc1nc(-n2nc(-c3cccs3)cc2NC(=O)CCl)[nH]c(=O)c1C. The summed E-state index contributed by atoms with van der Waals surface area (Å²) in [5, 5.41) is 9.06. The monoisotopic (exact) mass is 363 g/mol. The van der Waals surface area contributed by atoms with Gasteiger partial charge in [0, 0.05) is 17.3 Å². The topological polar surface area (TPSA) is 92.7 Å². The van der Waals surface area contributed by atoms with Crippen LogP contribution in [0.25, 0.3) is 16.5 Å². The maximum absolute atomic E-state index is 12.0. The Morgan fingerprint density at radius 3 is 2.88 bits per heavy atom. The van der Waals surface area contributed by atoms with Crippen molar-refractivity contribution in [1.82, 2.24) is 19.7 Å². The summed E-state index contributed by atoms with van der Waals surface area (Å²) in [6.45, 7) is 3.44. The van der Waals surface area contributed by atoms with Gasteiger partial charge in [0.2, 0.25) is 11.9 Å². The summed E-state index contributed by atoms with van der Waals surface area (Å²) in [6, 6.07) is 5.54. The lowest BCUT2D eigenvalue weighted by atomic mass is 10.3. The molecule has 0 aliphatic heterocycles. The molecule has 0 atom stereocenters. The van der Waals surface area contributed by atoms with Gasteiger partial charge in [-0.1, -0.05) is 6.07 Å². The van der Waals surface area contributed by atoms with E-state index in [4.69, 9.17) is 11.6 Å². The van der Waals surface area contributed by atoms with Crippen LogP contribution in [0.15, 0.2) is 28.4 Å². The number of nitrogens with zero attached hydrogens (tertiary/aromatic N) is 3. The standard InChI is InChI=1S/C15H14ClN5O2S/c1-8-9(2)17-15(19-14(8)23)21-12(18-13(22)7-16)6-10(20-21)11-4-3-5-24-11/h3-6H,7H2,1-2H3,(H,18,22)(H,17,19,23). The quantitative estimate of drug-likeness (QED) is 0.696. The zero-order valence-electron chi connectivity index (χ0n) is 13.0.